The third-order valence-corrected chi connectivity index (χ3v) is 3.28. The van der Waals surface area contributed by atoms with Crippen LogP contribution in [0.4, 0.5) is 10.3 Å². The average molecular weight is 304 g/mol. The van der Waals surface area contributed by atoms with Gasteiger partial charge >= 0.3 is 0 Å². The van der Waals surface area contributed by atoms with E-state index in [1.165, 1.54) is 12.1 Å². The van der Waals surface area contributed by atoms with Crippen LogP contribution in [0.3, 0.4) is 0 Å². The van der Waals surface area contributed by atoms with Crippen molar-refractivity contribution in [3.8, 4) is 0 Å². The van der Waals surface area contributed by atoms with E-state index >= 15 is 0 Å². The second-order valence-electron chi connectivity index (χ2n) is 5.55. The number of aromatic nitrogens is 2. The molecule has 0 aliphatic heterocycles. The monoisotopic (exact) mass is 304 g/mol. The van der Waals surface area contributed by atoms with E-state index in [4.69, 9.17) is 0 Å². The molecule has 0 bridgehead atoms. The molecule has 0 saturated carbocycles. The van der Waals surface area contributed by atoms with Crippen molar-refractivity contribution in [1.29, 1.82) is 0 Å². The zero-order valence-electron chi connectivity index (χ0n) is 13.1. The molecule has 0 fully saturated rings. The molecule has 1 aromatic carbocycles. The quantitative estimate of drug-likeness (QED) is 0.882. The summed E-state index contributed by atoms with van der Waals surface area (Å²) in [4.78, 5) is 12.3. The Hall–Kier alpha value is -2.05. The Bertz CT molecular complexity index is 586. The van der Waals surface area contributed by atoms with Crippen LogP contribution in [0.1, 0.15) is 17.2 Å². The van der Waals surface area contributed by atoms with Gasteiger partial charge in [0.25, 0.3) is 0 Å². The predicted molar refractivity (Wildman–Crippen MR) is 84.1 cm³/mol. The Morgan fingerprint density at radius 2 is 1.68 bits per heavy atom. The molecule has 1 atom stereocenters. The van der Waals surface area contributed by atoms with Crippen LogP contribution in [0.2, 0.25) is 0 Å². The van der Waals surface area contributed by atoms with Crippen LogP contribution in [-0.4, -0.2) is 47.7 Å². The largest absolute Gasteiger partial charge is 0.387 e. The molecule has 0 saturated heterocycles. The van der Waals surface area contributed by atoms with Gasteiger partial charge in [0, 0.05) is 45.1 Å². The highest BCUT2D eigenvalue weighted by Gasteiger charge is 2.11. The normalized spacial score (nSPS) is 12.5. The summed E-state index contributed by atoms with van der Waals surface area (Å²) in [7, 11) is 5.69. The molecular formula is C16H21FN4O. The summed E-state index contributed by atoms with van der Waals surface area (Å²) < 4.78 is 12.9. The second-order valence-corrected chi connectivity index (χ2v) is 5.55. The van der Waals surface area contributed by atoms with Crippen LogP contribution >= 0.6 is 0 Å². The lowest BCUT2D eigenvalue weighted by atomic mass is 10.1. The molecule has 0 aliphatic rings. The first-order chi connectivity index (χ1) is 10.5. The van der Waals surface area contributed by atoms with Crippen molar-refractivity contribution in [1.82, 2.24) is 14.9 Å². The van der Waals surface area contributed by atoms with E-state index in [-0.39, 0.29) is 5.82 Å². The van der Waals surface area contributed by atoms with Gasteiger partial charge in [-0.3, -0.25) is 4.90 Å². The van der Waals surface area contributed by atoms with Crippen LogP contribution in [0.5, 0.6) is 0 Å². The molecular weight excluding hydrogens is 283 g/mol. The summed E-state index contributed by atoms with van der Waals surface area (Å²) in [5.41, 5.74) is 1.67. The van der Waals surface area contributed by atoms with Gasteiger partial charge in [-0.1, -0.05) is 12.1 Å². The third kappa shape index (κ3) is 4.47. The standard InChI is InChI=1S/C16H21FN4O/c1-20(2)16-18-8-12(9-19-16)10-21(3)11-15(22)13-4-6-14(17)7-5-13/h4-9,15,22H,10-11H2,1-3H3. The van der Waals surface area contributed by atoms with E-state index in [0.717, 1.165) is 5.56 Å². The number of aliphatic hydroxyl groups is 1. The van der Waals surface area contributed by atoms with Crippen molar-refractivity contribution < 1.29 is 9.50 Å². The van der Waals surface area contributed by atoms with Crippen molar-refractivity contribution >= 4 is 5.95 Å². The van der Waals surface area contributed by atoms with Crippen molar-refractivity contribution in [2.24, 2.45) is 0 Å². The minimum absolute atomic E-state index is 0.303. The Morgan fingerprint density at radius 3 is 2.23 bits per heavy atom. The van der Waals surface area contributed by atoms with E-state index in [1.54, 1.807) is 24.5 Å². The summed E-state index contributed by atoms with van der Waals surface area (Å²) >= 11 is 0. The Balaban J connectivity index is 1.91. The van der Waals surface area contributed by atoms with Gasteiger partial charge < -0.3 is 10.0 Å². The molecule has 1 aromatic heterocycles. The van der Waals surface area contributed by atoms with Crippen LogP contribution in [0.25, 0.3) is 0 Å². The first-order valence-electron chi connectivity index (χ1n) is 7.06. The van der Waals surface area contributed by atoms with Crippen molar-refractivity contribution in [3.05, 3.63) is 53.6 Å². The Morgan fingerprint density at radius 1 is 1.09 bits per heavy atom. The fraction of sp³-hybridized carbons (Fsp3) is 0.375. The topological polar surface area (TPSA) is 52.5 Å². The van der Waals surface area contributed by atoms with E-state index in [9.17, 15) is 9.50 Å². The molecule has 0 spiro atoms. The number of hydrogen-bond donors (Lipinski definition) is 1. The van der Waals surface area contributed by atoms with Gasteiger partial charge in [0.15, 0.2) is 0 Å². The maximum absolute atomic E-state index is 12.9. The minimum Gasteiger partial charge on any atom is -0.387 e. The first kappa shape index (κ1) is 16.3. The van der Waals surface area contributed by atoms with Gasteiger partial charge in [0.2, 0.25) is 5.95 Å². The van der Waals surface area contributed by atoms with Gasteiger partial charge in [-0.2, -0.15) is 0 Å². The van der Waals surface area contributed by atoms with Gasteiger partial charge in [-0.05, 0) is 24.7 Å². The Kier molecular flexibility index (Phi) is 5.41. The van der Waals surface area contributed by atoms with Crippen molar-refractivity contribution in [3.63, 3.8) is 0 Å². The predicted octanol–water partition coefficient (Wildman–Crippen LogP) is 1.85. The molecule has 5 nitrogen and oxygen atoms in total. The van der Waals surface area contributed by atoms with Gasteiger partial charge in [-0.15, -0.1) is 0 Å². The SMILES string of the molecule is CN(Cc1cnc(N(C)C)nc1)CC(O)c1ccc(F)cc1. The minimum atomic E-state index is -0.660. The highest BCUT2D eigenvalue weighted by atomic mass is 19.1. The van der Waals surface area contributed by atoms with Gasteiger partial charge in [0.1, 0.15) is 5.82 Å². The molecule has 2 aromatic rings. The Labute approximate surface area is 130 Å². The van der Waals surface area contributed by atoms with E-state index in [2.05, 4.69) is 9.97 Å². The lowest BCUT2D eigenvalue weighted by Gasteiger charge is -2.21. The average Bonchev–Trinajstić information content (AvgIpc) is 2.48. The fourth-order valence-electron chi connectivity index (χ4n) is 2.12. The molecule has 118 valence electrons. The number of hydrogen-bond acceptors (Lipinski definition) is 5. The number of halogens is 1. The summed E-state index contributed by atoms with van der Waals surface area (Å²) in [6, 6.07) is 5.91. The molecule has 2 rings (SSSR count). The number of nitrogens with zero attached hydrogens (tertiary/aromatic N) is 4. The number of likely N-dealkylation sites (N-methyl/N-ethyl adjacent to an activating group) is 1. The number of anilines is 1. The summed E-state index contributed by atoms with van der Waals surface area (Å²) in [6.45, 7) is 1.08. The molecule has 1 N–H and O–H groups in total. The van der Waals surface area contributed by atoms with Crippen LogP contribution in [-0.2, 0) is 6.54 Å². The van der Waals surface area contributed by atoms with Crippen LogP contribution < -0.4 is 4.90 Å². The highest BCUT2D eigenvalue weighted by molar-refractivity contribution is 5.26. The number of rotatable bonds is 6. The van der Waals surface area contributed by atoms with Crippen molar-refractivity contribution in [2.75, 3.05) is 32.6 Å². The lowest BCUT2D eigenvalue weighted by molar-refractivity contribution is 0.123. The molecule has 0 radical (unpaired) electrons. The molecule has 0 amide bonds. The molecule has 0 aliphatic carbocycles. The summed E-state index contributed by atoms with van der Waals surface area (Å²) in [5, 5.41) is 10.2. The smallest absolute Gasteiger partial charge is 0.224 e. The van der Waals surface area contributed by atoms with E-state index in [0.29, 0.717) is 24.6 Å². The molecule has 6 heteroatoms. The first-order valence-corrected chi connectivity index (χ1v) is 7.06. The highest BCUT2D eigenvalue weighted by Crippen LogP contribution is 2.15. The number of aliphatic hydroxyl groups excluding tert-OH is 1. The molecule has 22 heavy (non-hydrogen) atoms. The maximum atomic E-state index is 12.9. The van der Waals surface area contributed by atoms with Crippen LogP contribution in [0, 0.1) is 5.82 Å². The summed E-state index contributed by atoms with van der Waals surface area (Å²) in [5.74, 6) is 0.361. The van der Waals surface area contributed by atoms with Gasteiger partial charge in [0.05, 0.1) is 6.10 Å². The second kappa shape index (κ2) is 7.29. The maximum Gasteiger partial charge on any atom is 0.224 e. The fourth-order valence-corrected chi connectivity index (χ4v) is 2.12. The third-order valence-electron chi connectivity index (χ3n) is 3.28. The lowest BCUT2D eigenvalue weighted by Crippen LogP contribution is -2.24. The van der Waals surface area contributed by atoms with Crippen LogP contribution in [0.15, 0.2) is 36.7 Å². The van der Waals surface area contributed by atoms with Gasteiger partial charge in [-0.25, -0.2) is 14.4 Å². The number of benzene rings is 1. The zero-order chi connectivity index (χ0) is 16.1. The zero-order valence-corrected chi connectivity index (χ0v) is 13.1. The molecule has 1 unspecified atom stereocenters. The van der Waals surface area contributed by atoms with E-state index < -0.39 is 6.10 Å². The molecule has 1 heterocycles. The summed E-state index contributed by atoms with van der Waals surface area (Å²) in [6.07, 6.45) is 2.90. The van der Waals surface area contributed by atoms with Crippen molar-refractivity contribution in [2.45, 2.75) is 12.6 Å². The van der Waals surface area contributed by atoms with E-state index in [1.807, 2.05) is 30.9 Å².